The molecule has 0 amide bonds. The van der Waals surface area contributed by atoms with Crippen molar-refractivity contribution in [3.63, 3.8) is 0 Å². The van der Waals surface area contributed by atoms with Crippen molar-refractivity contribution in [2.45, 2.75) is 31.7 Å². The minimum atomic E-state index is 0.291. The maximum atomic E-state index is 8.78. The second kappa shape index (κ2) is 4.50. The van der Waals surface area contributed by atoms with Crippen molar-refractivity contribution in [1.82, 2.24) is 4.98 Å². The predicted molar refractivity (Wildman–Crippen MR) is 59.8 cm³/mol. The number of aromatic nitrogens is 1. The number of nitrogens with zero attached hydrogens (tertiary/aromatic N) is 2. The van der Waals surface area contributed by atoms with Crippen LogP contribution in [-0.2, 0) is 0 Å². The zero-order valence-corrected chi connectivity index (χ0v) is 9.09. The fraction of sp³-hybridized carbons (Fsp3) is 0.455. The number of halogens is 1. The molecule has 2 rings (SSSR count). The van der Waals surface area contributed by atoms with Crippen LogP contribution in [0.3, 0.4) is 0 Å². The van der Waals surface area contributed by atoms with Crippen LogP contribution < -0.4 is 5.32 Å². The van der Waals surface area contributed by atoms with Crippen LogP contribution in [0.15, 0.2) is 12.1 Å². The molecule has 1 aliphatic rings. The monoisotopic (exact) mass is 221 g/mol. The first-order valence-corrected chi connectivity index (χ1v) is 5.50. The highest BCUT2D eigenvalue weighted by Crippen LogP contribution is 2.22. The molecule has 78 valence electrons. The Balaban J connectivity index is 2.11. The van der Waals surface area contributed by atoms with Gasteiger partial charge in [-0.2, -0.15) is 5.26 Å². The number of hydrogen-bond acceptors (Lipinski definition) is 3. The molecule has 1 aromatic rings. The molecule has 1 N–H and O–H groups in total. The molecule has 0 saturated heterocycles. The van der Waals surface area contributed by atoms with Crippen molar-refractivity contribution >= 4 is 17.4 Å². The Hall–Kier alpha value is -1.27. The molecule has 0 spiro atoms. The quantitative estimate of drug-likeness (QED) is 0.835. The Morgan fingerprint density at radius 1 is 1.40 bits per heavy atom. The maximum Gasteiger partial charge on any atom is 0.161 e. The molecule has 1 heterocycles. The minimum absolute atomic E-state index is 0.291. The van der Waals surface area contributed by atoms with E-state index in [-0.39, 0.29) is 0 Å². The van der Waals surface area contributed by atoms with Crippen LogP contribution in [0.5, 0.6) is 0 Å². The molecule has 1 saturated carbocycles. The standard InChI is InChI=1S/C11H12ClN3/c12-9-5-6-11(15-10(9)7-13)14-8-3-1-2-4-8/h5-6,8H,1-4H2,(H,14,15). The summed E-state index contributed by atoms with van der Waals surface area (Å²) in [6.07, 6.45) is 4.92. The number of hydrogen-bond donors (Lipinski definition) is 1. The number of nitrogens with one attached hydrogen (secondary N) is 1. The largest absolute Gasteiger partial charge is 0.367 e. The van der Waals surface area contributed by atoms with E-state index in [1.807, 2.05) is 12.1 Å². The zero-order chi connectivity index (χ0) is 10.7. The number of rotatable bonds is 2. The van der Waals surface area contributed by atoms with Crippen molar-refractivity contribution in [1.29, 1.82) is 5.26 Å². The van der Waals surface area contributed by atoms with Crippen LogP contribution in [0.25, 0.3) is 0 Å². The van der Waals surface area contributed by atoms with E-state index in [1.54, 1.807) is 6.07 Å². The topological polar surface area (TPSA) is 48.7 Å². The van der Waals surface area contributed by atoms with E-state index in [0.717, 1.165) is 5.82 Å². The summed E-state index contributed by atoms with van der Waals surface area (Å²) in [5, 5.41) is 12.5. The smallest absolute Gasteiger partial charge is 0.161 e. The van der Waals surface area contributed by atoms with Gasteiger partial charge in [0.15, 0.2) is 5.69 Å². The summed E-state index contributed by atoms with van der Waals surface area (Å²) in [4.78, 5) is 4.15. The fourth-order valence-electron chi connectivity index (χ4n) is 1.88. The molecule has 1 fully saturated rings. The Kier molecular flexibility index (Phi) is 3.08. The summed E-state index contributed by atoms with van der Waals surface area (Å²) in [6, 6.07) is 6.02. The lowest BCUT2D eigenvalue weighted by Gasteiger charge is -2.12. The third-order valence-corrected chi connectivity index (χ3v) is 2.96. The maximum absolute atomic E-state index is 8.78. The van der Waals surface area contributed by atoms with Gasteiger partial charge in [0.1, 0.15) is 11.9 Å². The first kappa shape index (κ1) is 10.3. The summed E-state index contributed by atoms with van der Waals surface area (Å²) >= 11 is 5.80. The van der Waals surface area contributed by atoms with Gasteiger partial charge in [-0.1, -0.05) is 24.4 Å². The van der Waals surface area contributed by atoms with E-state index < -0.39 is 0 Å². The molecule has 0 atom stereocenters. The van der Waals surface area contributed by atoms with Crippen LogP contribution >= 0.6 is 11.6 Å². The molecule has 0 radical (unpaired) electrons. The average Bonchev–Trinajstić information content (AvgIpc) is 2.73. The molecule has 15 heavy (non-hydrogen) atoms. The summed E-state index contributed by atoms with van der Waals surface area (Å²) in [7, 11) is 0. The first-order chi connectivity index (χ1) is 7.29. The molecule has 0 aromatic carbocycles. The van der Waals surface area contributed by atoms with Gasteiger partial charge in [0.25, 0.3) is 0 Å². The van der Waals surface area contributed by atoms with Crippen molar-refractivity contribution in [2.24, 2.45) is 0 Å². The van der Waals surface area contributed by atoms with E-state index in [2.05, 4.69) is 10.3 Å². The third kappa shape index (κ3) is 2.40. The molecule has 0 bridgehead atoms. The number of anilines is 1. The Morgan fingerprint density at radius 3 is 2.80 bits per heavy atom. The van der Waals surface area contributed by atoms with Crippen molar-refractivity contribution in [3.05, 3.63) is 22.8 Å². The molecule has 0 aliphatic heterocycles. The van der Waals surface area contributed by atoms with Crippen LogP contribution in [0.4, 0.5) is 5.82 Å². The Labute approximate surface area is 94.1 Å². The molecule has 0 unspecified atom stereocenters. The van der Waals surface area contributed by atoms with E-state index in [9.17, 15) is 0 Å². The summed E-state index contributed by atoms with van der Waals surface area (Å²) in [5.74, 6) is 0.753. The van der Waals surface area contributed by atoms with Crippen molar-refractivity contribution < 1.29 is 0 Å². The molecule has 4 heteroatoms. The minimum Gasteiger partial charge on any atom is -0.367 e. The van der Waals surface area contributed by atoms with Gasteiger partial charge >= 0.3 is 0 Å². The lowest BCUT2D eigenvalue weighted by molar-refractivity contribution is 0.750. The van der Waals surface area contributed by atoms with Crippen LogP contribution in [-0.4, -0.2) is 11.0 Å². The van der Waals surface area contributed by atoms with Crippen molar-refractivity contribution in [3.8, 4) is 6.07 Å². The van der Waals surface area contributed by atoms with E-state index >= 15 is 0 Å². The van der Waals surface area contributed by atoms with E-state index in [4.69, 9.17) is 16.9 Å². The summed E-state index contributed by atoms with van der Waals surface area (Å²) < 4.78 is 0. The Morgan fingerprint density at radius 2 is 2.13 bits per heavy atom. The number of nitriles is 1. The van der Waals surface area contributed by atoms with Gasteiger partial charge in [0.2, 0.25) is 0 Å². The highest BCUT2D eigenvalue weighted by molar-refractivity contribution is 6.31. The highest BCUT2D eigenvalue weighted by Gasteiger charge is 2.15. The SMILES string of the molecule is N#Cc1nc(NC2CCCC2)ccc1Cl. The summed E-state index contributed by atoms with van der Waals surface area (Å²) in [5.41, 5.74) is 0.291. The van der Waals surface area contributed by atoms with Crippen LogP contribution in [0.2, 0.25) is 5.02 Å². The number of pyridine rings is 1. The normalized spacial score (nSPS) is 16.3. The predicted octanol–water partition coefficient (Wildman–Crippen LogP) is 2.96. The lowest BCUT2D eigenvalue weighted by Crippen LogP contribution is -2.15. The van der Waals surface area contributed by atoms with Crippen LogP contribution in [0, 0.1) is 11.3 Å². The molecule has 1 aliphatic carbocycles. The Bertz CT molecular complexity index is 391. The fourth-order valence-corrected chi connectivity index (χ4v) is 2.03. The summed E-state index contributed by atoms with van der Waals surface area (Å²) in [6.45, 7) is 0. The van der Waals surface area contributed by atoms with Gasteiger partial charge in [-0.3, -0.25) is 0 Å². The van der Waals surface area contributed by atoms with Gasteiger partial charge in [-0.05, 0) is 25.0 Å². The van der Waals surface area contributed by atoms with Crippen molar-refractivity contribution in [2.75, 3.05) is 5.32 Å². The van der Waals surface area contributed by atoms with E-state index in [1.165, 1.54) is 25.7 Å². The third-order valence-electron chi connectivity index (χ3n) is 2.66. The van der Waals surface area contributed by atoms with Crippen LogP contribution in [0.1, 0.15) is 31.4 Å². The highest BCUT2D eigenvalue weighted by atomic mass is 35.5. The molecule has 3 nitrogen and oxygen atoms in total. The average molecular weight is 222 g/mol. The zero-order valence-electron chi connectivity index (χ0n) is 8.33. The van der Waals surface area contributed by atoms with Gasteiger partial charge < -0.3 is 5.32 Å². The van der Waals surface area contributed by atoms with E-state index in [0.29, 0.717) is 16.8 Å². The molecule has 1 aromatic heterocycles. The molecular weight excluding hydrogens is 210 g/mol. The second-order valence-corrected chi connectivity index (χ2v) is 4.17. The van der Waals surface area contributed by atoms with Gasteiger partial charge in [0, 0.05) is 6.04 Å². The van der Waals surface area contributed by atoms with Gasteiger partial charge in [-0.15, -0.1) is 0 Å². The first-order valence-electron chi connectivity index (χ1n) is 5.13. The van der Waals surface area contributed by atoms with Gasteiger partial charge in [0.05, 0.1) is 5.02 Å². The second-order valence-electron chi connectivity index (χ2n) is 3.76. The molecular formula is C11H12ClN3. The van der Waals surface area contributed by atoms with Gasteiger partial charge in [-0.25, -0.2) is 4.98 Å². The lowest BCUT2D eigenvalue weighted by atomic mass is 10.2.